The van der Waals surface area contributed by atoms with Crippen molar-refractivity contribution in [1.29, 1.82) is 0 Å². The lowest BCUT2D eigenvalue weighted by Crippen LogP contribution is -2.52. The summed E-state index contributed by atoms with van der Waals surface area (Å²) in [6.45, 7) is 6.49. The van der Waals surface area contributed by atoms with Crippen LogP contribution in [0.2, 0.25) is 0 Å². The summed E-state index contributed by atoms with van der Waals surface area (Å²) in [4.78, 5) is 0. The molecule has 0 spiro atoms. The number of rotatable bonds is 1. The van der Waals surface area contributed by atoms with E-state index < -0.39 is 0 Å². The molecule has 0 radical (unpaired) electrons. The van der Waals surface area contributed by atoms with Crippen LogP contribution in [0.4, 0.5) is 0 Å². The van der Waals surface area contributed by atoms with Gasteiger partial charge in [-0.1, -0.05) is 0 Å². The fourth-order valence-electron chi connectivity index (χ4n) is 1.14. The summed E-state index contributed by atoms with van der Waals surface area (Å²) in [5.41, 5.74) is 0.233. The fourth-order valence-corrected chi connectivity index (χ4v) is 1.14. The Morgan fingerprint density at radius 1 is 1.20 bits per heavy atom. The van der Waals surface area contributed by atoms with Crippen molar-refractivity contribution in [2.45, 2.75) is 12.5 Å². The molecule has 0 aromatic heterocycles. The Kier molecular flexibility index (Phi) is 2.65. The molecule has 1 aliphatic heterocycles. The first-order valence-corrected chi connectivity index (χ1v) is 3.87. The van der Waals surface area contributed by atoms with E-state index in [2.05, 4.69) is 22.9 Å². The third-order valence-corrected chi connectivity index (χ3v) is 2.11. The summed E-state index contributed by atoms with van der Waals surface area (Å²) in [5, 5.41) is 10.0. The topological polar surface area (TPSA) is 36.1 Å². The highest BCUT2D eigenvalue weighted by molar-refractivity contribution is 4.88. The van der Waals surface area contributed by atoms with Gasteiger partial charge >= 0.3 is 0 Å². The first kappa shape index (κ1) is 7.98. The van der Waals surface area contributed by atoms with Crippen molar-refractivity contribution in [1.82, 2.24) is 16.0 Å². The Hall–Kier alpha value is -0.120. The number of hydrogen-bond donors (Lipinski definition) is 3. The number of hydrogen-bond acceptors (Lipinski definition) is 3. The van der Waals surface area contributed by atoms with Crippen molar-refractivity contribution in [3.05, 3.63) is 0 Å². The smallest absolute Gasteiger partial charge is 0.0401 e. The number of likely N-dealkylation sites (N-methyl/N-ethyl adjacent to an activating group) is 1. The van der Waals surface area contributed by atoms with Gasteiger partial charge in [0, 0.05) is 31.7 Å². The van der Waals surface area contributed by atoms with E-state index in [1.807, 2.05) is 7.05 Å². The van der Waals surface area contributed by atoms with Gasteiger partial charge in [-0.25, -0.2) is 0 Å². The van der Waals surface area contributed by atoms with Crippen molar-refractivity contribution in [2.24, 2.45) is 0 Å². The van der Waals surface area contributed by atoms with E-state index in [1.165, 1.54) is 0 Å². The van der Waals surface area contributed by atoms with E-state index in [1.54, 1.807) is 0 Å². The molecule has 1 rings (SSSR count). The zero-order valence-electron chi connectivity index (χ0n) is 6.83. The molecule has 10 heavy (non-hydrogen) atoms. The molecule has 1 fully saturated rings. The van der Waals surface area contributed by atoms with Crippen LogP contribution in [0.25, 0.3) is 0 Å². The normalized spacial score (nSPS) is 25.8. The molecule has 60 valence electrons. The second-order valence-corrected chi connectivity index (χ2v) is 3.16. The molecule has 3 N–H and O–H groups in total. The Labute approximate surface area is 62.6 Å². The monoisotopic (exact) mass is 143 g/mol. The van der Waals surface area contributed by atoms with Crippen molar-refractivity contribution in [2.75, 3.05) is 33.2 Å². The van der Waals surface area contributed by atoms with E-state index >= 15 is 0 Å². The van der Waals surface area contributed by atoms with Crippen LogP contribution in [0.15, 0.2) is 0 Å². The van der Waals surface area contributed by atoms with Crippen LogP contribution in [0, 0.1) is 0 Å². The zero-order valence-corrected chi connectivity index (χ0v) is 6.83. The minimum atomic E-state index is 0.233. The molecular formula is C7H17N3. The third kappa shape index (κ3) is 1.94. The molecule has 0 saturated carbocycles. The highest BCUT2D eigenvalue weighted by Gasteiger charge is 2.22. The molecule has 0 aliphatic carbocycles. The molecular weight excluding hydrogens is 126 g/mol. The summed E-state index contributed by atoms with van der Waals surface area (Å²) in [6, 6.07) is 0. The van der Waals surface area contributed by atoms with E-state index in [9.17, 15) is 0 Å². The van der Waals surface area contributed by atoms with E-state index in [0.29, 0.717) is 0 Å². The van der Waals surface area contributed by atoms with Gasteiger partial charge < -0.3 is 16.0 Å². The lowest BCUT2D eigenvalue weighted by Gasteiger charge is -2.27. The van der Waals surface area contributed by atoms with Gasteiger partial charge in [-0.3, -0.25) is 0 Å². The Bertz CT molecular complexity index is 95.0. The van der Waals surface area contributed by atoms with Crippen LogP contribution in [0.1, 0.15) is 6.92 Å². The highest BCUT2D eigenvalue weighted by Crippen LogP contribution is 1.99. The maximum atomic E-state index is 3.36. The molecule has 0 aromatic carbocycles. The van der Waals surface area contributed by atoms with Gasteiger partial charge in [0.05, 0.1) is 0 Å². The van der Waals surface area contributed by atoms with E-state index in [-0.39, 0.29) is 5.54 Å². The van der Waals surface area contributed by atoms with E-state index in [0.717, 1.165) is 26.2 Å². The van der Waals surface area contributed by atoms with Crippen LogP contribution in [-0.2, 0) is 0 Å². The average Bonchev–Trinajstić information content (AvgIpc) is 2.15. The Balaban J connectivity index is 2.41. The third-order valence-electron chi connectivity index (χ3n) is 2.11. The summed E-state index contributed by atoms with van der Waals surface area (Å²) in [5.74, 6) is 0. The van der Waals surface area contributed by atoms with Gasteiger partial charge in [0.1, 0.15) is 0 Å². The molecule has 0 amide bonds. The molecule has 0 bridgehead atoms. The fraction of sp³-hybridized carbons (Fsp3) is 1.00. The second-order valence-electron chi connectivity index (χ2n) is 3.16. The van der Waals surface area contributed by atoms with Gasteiger partial charge in [0.15, 0.2) is 0 Å². The maximum absolute atomic E-state index is 3.36. The first-order chi connectivity index (χ1) is 4.77. The quantitative estimate of drug-likeness (QED) is 0.448. The molecule has 1 heterocycles. The second kappa shape index (κ2) is 3.32. The van der Waals surface area contributed by atoms with Gasteiger partial charge in [-0.15, -0.1) is 0 Å². The van der Waals surface area contributed by atoms with Crippen molar-refractivity contribution in [3.8, 4) is 0 Å². The molecule has 1 aliphatic rings. The first-order valence-electron chi connectivity index (χ1n) is 3.87. The lowest BCUT2D eigenvalue weighted by atomic mass is 10.0. The largest absolute Gasteiger partial charge is 0.314 e. The molecule has 3 heteroatoms. The molecule has 3 nitrogen and oxygen atoms in total. The lowest BCUT2D eigenvalue weighted by molar-refractivity contribution is 0.373. The highest BCUT2D eigenvalue weighted by atomic mass is 15.1. The van der Waals surface area contributed by atoms with Crippen LogP contribution in [-0.4, -0.2) is 38.8 Å². The van der Waals surface area contributed by atoms with Crippen molar-refractivity contribution < 1.29 is 0 Å². The summed E-state index contributed by atoms with van der Waals surface area (Å²) >= 11 is 0. The molecule has 0 atom stereocenters. The maximum Gasteiger partial charge on any atom is 0.0401 e. The minimum absolute atomic E-state index is 0.233. The molecule has 0 aromatic rings. The van der Waals surface area contributed by atoms with E-state index in [4.69, 9.17) is 0 Å². The zero-order chi connectivity index (χ0) is 7.45. The van der Waals surface area contributed by atoms with Crippen molar-refractivity contribution >= 4 is 0 Å². The average molecular weight is 143 g/mol. The van der Waals surface area contributed by atoms with Gasteiger partial charge in [0.25, 0.3) is 0 Å². The predicted molar refractivity (Wildman–Crippen MR) is 43.2 cm³/mol. The van der Waals surface area contributed by atoms with Crippen molar-refractivity contribution in [3.63, 3.8) is 0 Å². The SMILES string of the molecule is CNC1(C)CNCCNC1. The van der Waals surface area contributed by atoms with Crippen LogP contribution in [0.5, 0.6) is 0 Å². The van der Waals surface area contributed by atoms with Gasteiger partial charge in [-0.2, -0.15) is 0 Å². The Morgan fingerprint density at radius 3 is 2.10 bits per heavy atom. The van der Waals surface area contributed by atoms with Gasteiger partial charge in [0.2, 0.25) is 0 Å². The predicted octanol–water partition coefficient (Wildman–Crippen LogP) is -0.843. The summed E-state index contributed by atoms with van der Waals surface area (Å²) in [7, 11) is 2.01. The summed E-state index contributed by atoms with van der Waals surface area (Å²) in [6.07, 6.45) is 0. The van der Waals surface area contributed by atoms with Crippen LogP contribution >= 0.6 is 0 Å². The van der Waals surface area contributed by atoms with Crippen LogP contribution < -0.4 is 16.0 Å². The molecule has 1 saturated heterocycles. The number of nitrogens with one attached hydrogen (secondary N) is 3. The molecule has 0 unspecified atom stereocenters. The Morgan fingerprint density at radius 2 is 1.70 bits per heavy atom. The standard InChI is InChI=1S/C7H17N3/c1-7(8-2)5-9-3-4-10-6-7/h8-10H,3-6H2,1-2H3. The minimum Gasteiger partial charge on any atom is -0.314 e. The van der Waals surface area contributed by atoms with Crippen LogP contribution in [0.3, 0.4) is 0 Å². The van der Waals surface area contributed by atoms with Gasteiger partial charge in [-0.05, 0) is 14.0 Å². The summed E-state index contributed by atoms with van der Waals surface area (Å²) < 4.78 is 0.